The van der Waals surface area contributed by atoms with Crippen LogP contribution in [0.3, 0.4) is 0 Å². The lowest BCUT2D eigenvalue weighted by Crippen LogP contribution is -2.39. The third-order valence-corrected chi connectivity index (χ3v) is 2.89. The Hall–Kier alpha value is -1.67. The number of unbranched alkanes of at least 4 members (excludes halogenated alkanes) is 2. The van der Waals surface area contributed by atoms with Crippen LogP contribution in [0, 0.1) is 0 Å². The van der Waals surface area contributed by atoms with E-state index in [-0.39, 0.29) is 19.1 Å². The smallest absolute Gasteiger partial charge is 0.329 e. The molecule has 0 aliphatic heterocycles. The number of carboxylic acids is 2. The van der Waals surface area contributed by atoms with Gasteiger partial charge in [0.1, 0.15) is 6.61 Å². The average Bonchev–Trinajstić information content (AvgIpc) is 2.42. The van der Waals surface area contributed by atoms with Gasteiger partial charge >= 0.3 is 11.9 Å². The zero-order chi connectivity index (χ0) is 16.8. The maximum absolute atomic E-state index is 11.5. The first-order valence-electron chi connectivity index (χ1n) is 7.46. The molecule has 0 aliphatic carbocycles. The number of rotatable bonds is 14. The Balaban J connectivity index is 3.90. The highest BCUT2D eigenvalue weighted by Crippen LogP contribution is 1.98. The van der Waals surface area contributed by atoms with Crippen molar-refractivity contribution in [3.05, 3.63) is 0 Å². The van der Waals surface area contributed by atoms with E-state index in [4.69, 9.17) is 14.9 Å². The van der Waals surface area contributed by atoms with Gasteiger partial charge in [-0.3, -0.25) is 14.5 Å². The number of hydrogen-bond donors (Lipinski definition) is 3. The first-order chi connectivity index (χ1) is 10.5. The van der Waals surface area contributed by atoms with Gasteiger partial charge in [-0.2, -0.15) is 0 Å². The molecule has 0 radical (unpaired) electrons. The van der Waals surface area contributed by atoms with Crippen molar-refractivity contribution in [3.8, 4) is 0 Å². The summed E-state index contributed by atoms with van der Waals surface area (Å²) in [4.78, 5) is 34.2. The molecule has 0 rings (SSSR count). The van der Waals surface area contributed by atoms with Gasteiger partial charge in [0, 0.05) is 26.1 Å². The van der Waals surface area contributed by atoms with Crippen LogP contribution in [0.25, 0.3) is 0 Å². The topological polar surface area (TPSA) is 116 Å². The molecule has 0 atom stereocenters. The van der Waals surface area contributed by atoms with Crippen LogP contribution in [0.5, 0.6) is 0 Å². The number of amides is 1. The summed E-state index contributed by atoms with van der Waals surface area (Å²) in [6.07, 6.45) is 3.40. The number of nitrogens with zero attached hydrogens (tertiary/aromatic N) is 1. The number of hydrogen-bond acceptors (Lipinski definition) is 5. The Morgan fingerprint density at radius 1 is 1.09 bits per heavy atom. The quantitative estimate of drug-likeness (QED) is 0.391. The normalized spacial score (nSPS) is 10.6. The number of nitrogens with one attached hydrogen (secondary N) is 1. The molecule has 0 aromatic rings. The fraction of sp³-hybridized carbons (Fsp3) is 0.786. The lowest BCUT2D eigenvalue weighted by molar-refractivity contribution is -0.143. The largest absolute Gasteiger partial charge is 0.480 e. The minimum absolute atomic E-state index is 0.0362. The van der Waals surface area contributed by atoms with Crippen molar-refractivity contribution in [1.29, 1.82) is 0 Å². The van der Waals surface area contributed by atoms with Crippen LogP contribution in [-0.2, 0) is 19.1 Å². The van der Waals surface area contributed by atoms with Gasteiger partial charge < -0.3 is 20.3 Å². The zero-order valence-electron chi connectivity index (χ0n) is 13.0. The Kier molecular flexibility index (Phi) is 12.0. The monoisotopic (exact) mass is 318 g/mol. The highest BCUT2D eigenvalue weighted by molar-refractivity contribution is 5.75. The summed E-state index contributed by atoms with van der Waals surface area (Å²) < 4.78 is 4.88. The second-order valence-corrected chi connectivity index (χ2v) is 4.92. The maximum Gasteiger partial charge on any atom is 0.329 e. The van der Waals surface area contributed by atoms with E-state index in [1.807, 2.05) is 0 Å². The molecule has 0 saturated carbocycles. The standard InChI is InChI=1S/C14H26N2O6/c1-2-3-4-5-12(17)15-6-7-16(10-13(18)19)8-9-22-11-14(20)21/h2-11H2,1H3,(H,15,17)(H,18,19)(H,20,21). The summed E-state index contributed by atoms with van der Waals surface area (Å²) in [5.41, 5.74) is 0. The molecule has 0 aromatic heterocycles. The number of carbonyl (C=O) groups excluding carboxylic acids is 1. The molecule has 0 saturated heterocycles. The molecule has 0 spiro atoms. The highest BCUT2D eigenvalue weighted by Gasteiger charge is 2.10. The number of carbonyl (C=O) groups is 3. The fourth-order valence-electron chi connectivity index (χ4n) is 1.79. The van der Waals surface area contributed by atoms with E-state index in [1.54, 1.807) is 4.90 Å². The first-order valence-corrected chi connectivity index (χ1v) is 7.46. The lowest BCUT2D eigenvalue weighted by atomic mass is 10.2. The van der Waals surface area contributed by atoms with Crippen LogP contribution in [-0.4, -0.2) is 72.4 Å². The summed E-state index contributed by atoms with van der Waals surface area (Å²) in [5.74, 6) is -2.08. The van der Waals surface area contributed by atoms with Gasteiger partial charge in [0.15, 0.2) is 0 Å². The number of carboxylic acid groups (broad SMARTS) is 2. The molecular formula is C14H26N2O6. The molecule has 0 aliphatic rings. The number of aliphatic carboxylic acids is 2. The van der Waals surface area contributed by atoms with Crippen molar-refractivity contribution in [2.75, 3.05) is 39.4 Å². The molecule has 0 aromatic carbocycles. The van der Waals surface area contributed by atoms with E-state index in [1.165, 1.54) is 0 Å². The van der Waals surface area contributed by atoms with Gasteiger partial charge in [-0.25, -0.2) is 4.79 Å². The van der Waals surface area contributed by atoms with Crippen LogP contribution in [0.1, 0.15) is 32.6 Å². The van der Waals surface area contributed by atoms with Crippen molar-refractivity contribution in [2.45, 2.75) is 32.6 Å². The van der Waals surface area contributed by atoms with Crippen LogP contribution in [0.2, 0.25) is 0 Å². The maximum atomic E-state index is 11.5. The van der Waals surface area contributed by atoms with E-state index < -0.39 is 18.5 Å². The predicted molar refractivity (Wildman–Crippen MR) is 79.7 cm³/mol. The van der Waals surface area contributed by atoms with Gasteiger partial charge in [0.05, 0.1) is 13.2 Å². The highest BCUT2D eigenvalue weighted by atomic mass is 16.5. The average molecular weight is 318 g/mol. The molecule has 1 amide bonds. The second kappa shape index (κ2) is 13.0. The van der Waals surface area contributed by atoms with E-state index in [0.717, 1.165) is 19.3 Å². The first kappa shape index (κ1) is 20.3. The SMILES string of the molecule is CCCCCC(=O)NCCN(CCOCC(=O)O)CC(=O)O. The summed E-state index contributed by atoms with van der Waals surface area (Å²) >= 11 is 0. The van der Waals surface area contributed by atoms with Gasteiger partial charge in [0.2, 0.25) is 5.91 Å². The Morgan fingerprint density at radius 3 is 2.41 bits per heavy atom. The Bertz CT molecular complexity index is 348. The van der Waals surface area contributed by atoms with Crippen molar-refractivity contribution in [2.24, 2.45) is 0 Å². The minimum Gasteiger partial charge on any atom is -0.480 e. The van der Waals surface area contributed by atoms with Crippen molar-refractivity contribution >= 4 is 17.8 Å². The molecule has 0 bridgehead atoms. The fourth-order valence-corrected chi connectivity index (χ4v) is 1.79. The molecular weight excluding hydrogens is 292 g/mol. The van der Waals surface area contributed by atoms with Gasteiger partial charge in [0.25, 0.3) is 0 Å². The molecule has 3 N–H and O–H groups in total. The van der Waals surface area contributed by atoms with Crippen LogP contribution in [0.15, 0.2) is 0 Å². The van der Waals surface area contributed by atoms with E-state index >= 15 is 0 Å². The van der Waals surface area contributed by atoms with Gasteiger partial charge in [-0.1, -0.05) is 19.8 Å². The Morgan fingerprint density at radius 2 is 1.82 bits per heavy atom. The predicted octanol–water partition coefficient (Wildman–Crippen LogP) is 0.171. The third-order valence-electron chi connectivity index (χ3n) is 2.89. The summed E-state index contributed by atoms with van der Waals surface area (Å²) in [6, 6.07) is 0. The summed E-state index contributed by atoms with van der Waals surface area (Å²) in [7, 11) is 0. The molecule has 8 heteroatoms. The zero-order valence-corrected chi connectivity index (χ0v) is 13.0. The molecule has 0 fully saturated rings. The van der Waals surface area contributed by atoms with Crippen LogP contribution < -0.4 is 5.32 Å². The summed E-state index contributed by atoms with van der Waals surface area (Å²) in [6.45, 7) is 2.64. The third kappa shape index (κ3) is 13.3. The van der Waals surface area contributed by atoms with E-state index in [0.29, 0.717) is 26.1 Å². The van der Waals surface area contributed by atoms with Gasteiger partial charge in [-0.15, -0.1) is 0 Å². The second-order valence-electron chi connectivity index (χ2n) is 4.92. The van der Waals surface area contributed by atoms with E-state index in [9.17, 15) is 14.4 Å². The van der Waals surface area contributed by atoms with Crippen LogP contribution >= 0.6 is 0 Å². The van der Waals surface area contributed by atoms with Crippen molar-refractivity contribution in [3.63, 3.8) is 0 Å². The van der Waals surface area contributed by atoms with Crippen molar-refractivity contribution < 1.29 is 29.3 Å². The van der Waals surface area contributed by atoms with Crippen LogP contribution in [0.4, 0.5) is 0 Å². The number of ether oxygens (including phenoxy) is 1. The minimum atomic E-state index is -1.07. The van der Waals surface area contributed by atoms with E-state index in [2.05, 4.69) is 12.2 Å². The molecule has 0 heterocycles. The van der Waals surface area contributed by atoms with Crippen molar-refractivity contribution in [1.82, 2.24) is 10.2 Å². The van der Waals surface area contributed by atoms with Gasteiger partial charge in [-0.05, 0) is 6.42 Å². The molecule has 8 nitrogen and oxygen atoms in total. The lowest BCUT2D eigenvalue weighted by Gasteiger charge is -2.20. The Labute approximate surface area is 130 Å². The molecule has 22 heavy (non-hydrogen) atoms. The molecule has 128 valence electrons. The summed E-state index contributed by atoms with van der Waals surface area (Å²) in [5, 5.41) is 20.0. The molecule has 0 unspecified atom stereocenters.